The van der Waals surface area contributed by atoms with Crippen LogP contribution in [0, 0.1) is 0 Å². The molecule has 0 unspecified atom stereocenters. The number of H-pyrrole nitrogens is 1. The first-order valence-corrected chi connectivity index (χ1v) is 2.43. The van der Waals surface area contributed by atoms with Crippen LogP contribution in [0.25, 0.3) is 5.95 Å². The van der Waals surface area contributed by atoms with Crippen LogP contribution in [0.15, 0.2) is 6.33 Å². The minimum absolute atomic E-state index is 0. The van der Waals surface area contributed by atoms with Gasteiger partial charge in [0.05, 0.1) is 0 Å². The number of nitrogens with zero attached hydrogens (tertiary/aromatic N) is 7. The van der Waals surface area contributed by atoms with Crippen molar-refractivity contribution in [3.8, 4) is 5.95 Å². The van der Waals surface area contributed by atoms with Crippen molar-refractivity contribution in [1.82, 2.24) is 40.8 Å². The first-order chi connectivity index (χ1) is 4.97. The molecule has 0 saturated heterocycles. The molecular weight excluding hydrogens is 175 g/mol. The molecule has 2 rings (SSSR count). The Morgan fingerprint density at radius 2 is 2.45 bits per heavy atom. The van der Waals surface area contributed by atoms with Gasteiger partial charge in [-0.2, -0.15) is 9.90 Å². The van der Waals surface area contributed by atoms with Gasteiger partial charge in [0.15, 0.2) is 0 Å². The van der Waals surface area contributed by atoms with Crippen molar-refractivity contribution in [2.45, 2.75) is 0 Å². The summed E-state index contributed by atoms with van der Waals surface area (Å²) in [5.74, 6) is 0.324. The van der Waals surface area contributed by atoms with Crippen LogP contribution in [-0.4, -0.2) is 40.8 Å². The third-order valence-electron chi connectivity index (χ3n) is 0.888. The van der Waals surface area contributed by atoms with Crippen LogP contribution < -0.4 is 51.4 Å². The Morgan fingerprint density at radius 1 is 1.55 bits per heavy atom. The summed E-state index contributed by atoms with van der Waals surface area (Å²) in [5.41, 5.74) is 0. The van der Waals surface area contributed by atoms with Crippen molar-refractivity contribution in [2.75, 3.05) is 0 Å². The van der Waals surface area contributed by atoms with Crippen molar-refractivity contribution in [2.24, 2.45) is 0 Å². The molecular formula is C2H3KN8. The molecule has 0 amide bonds. The van der Waals surface area contributed by atoms with E-state index < -0.39 is 0 Å². The van der Waals surface area contributed by atoms with Gasteiger partial charge in [-0.25, -0.2) is 0 Å². The molecule has 0 fully saturated rings. The Morgan fingerprint density at radius 3 is 3.00 bits per heavy atom. The number of nitrogens with one attached hydrogen (secondary N) is 1. The fraction of sp³-hybridized carbons (Fsp3) is 0. The maximum atomic E-state index is 3.63. The zero-order chi connectivity index (χ0) is 6.81. The molecule has 9 heteroatoms. The van der Waals surface area contributed by atoms with Gasteiger partial charge in [0.2, 0.25) is 0 Å². The summed E-state index contributed by atoms with van der Waals surface area (Å²) < 4.78 is 1.30. The number of rotatable bonds is 1. The van der Waals surface area contributed by atoms with Crippen molar-refractivity contribution in [3.05, 3.63) is 6.33 Å². The van der Waals surface area contributed by atoms with Gasteiger partial charge in [-0.15, -0.1) is 10.2 Å². The van der Waals surface area contributed by atoms with Crippen LogP contribution in [0.2, 0.25) is 0 Å². The molecule has 0 aliphatic heterocycles. The molecule has 0 saturated carbocycles. The van der Waals surface area contributed by atoms with Gasteiger partial charge in [-0.05, 0) is 15.6 Å². The fourth-order valence-corrected chi connectivity index (χ4v) is 0.507. The summed E-state index contributed by atoms with van der Waals surface area (Å²) in [6.45, 7) is 0. The molecule has 0 aromatic carbocycles. The Balaban J connectivity index is 0.000000605. The Bertz CT molecular complexity index is 256. The molecule has 52 valence electrons. The maximum absolute atomic E-state index is 3.63. The number of aromatic nitrogens is 8. The van der Waals surface area contributed by atoms with E-state index in [0.29, 0.717) is 5.95 Å². The average Bonchev–Trinajstić information content (AvgIpc) is 2.59. The van der Waals surface area contributed by atoms with E-state index in [2.05, 4.69) is 36.1 Å². The quantitative estimate of drug-likeness (QED) is 0.440. The molecule has 2 heterocycles. The fourth-order valence-electron chi connectivity index (χ4n) is 0.507. The second-order valence-electron chi connectivity index (χ2n) is 1.47. The maximum Gasteiger partial charge on any atom is 1.00 e. The normalized spacial score (nSPS) is 9.09. The SMILES string of the molecule is [H-].[K+].c1nnnn1-c1nn[nH]n1. The molecule has 0 radical (unpaired) electrons. The third kappa shape index (κ3) is 1.87. The predicted octanol–water partition coefficient (Wildman–Crippen LogP) is -4.71. The monoisotopic (exact) mass is 178 g/mol. The minimum atomic E-state index is 0. The van der Waals surface area contributed by atoms with Crippen LogP contribution in [0.1, 0.15) is 1.43 Å². The largest absolute Gasteiger partial charge is 1.00 e. The van der Waals surface area contributed by atoms with Gasteiger partial charge in [-0.1, -0.05) is 5.10 Å². The third-order valence-corrected chi connectivity index (χ3v) is 0.888. The van der Waals surface area contributed by atoms with Gasteiger partial charge in [-0.3, -0.25) is 0 Å². The van der Waals surface area contributed by atoms with Crippen molar-refractivity contribution in [3.63, 3.8) is 0 Å². The van der Waals surface area contributed by atoms with Gasteiger partial charge in [0, 0.05) is 0 Å². The van der Waals surface area contributed by atoms with Crippen LogP contribution in [0.5, 0.6) is 0 Å². The molecule has 0 spiro atoms. The van der Waals surface area contributed by atoms with E-state index in [1.165, 1.54) is 11.0 Å². The van der Waals surface area contributed by atoms with E-state index in [-0.39, 0.29) is 52.8 Å². The van der Waals surface area contributed by atoms with Crippen molar-refractivity contribution < 1.29 is 52.8 Å². The van der Waals surface area contributed by atoms with E-state index in [4.69, 9.17) is 0 Å². The van der Waals surface area contributed by atoms with Crippen LogP contribution >= 0.6 is 0 Å². The van der Waals surface area contributed by atoms with Crippen LogP contribution in [0.4, 0.5) is 0 Å². The van der Waals surface area contributed by atoms with E-state index in [9.17, 15) is 0 Å². The molecule has 2 aromatic heterocycles. The van der Waals surface area contributed by atoms with Crippen molar-refractivity contribution >= 4 is 0 Å². The molecule has 8 nitrogen and oxygen atoms in total. The van der Waals surface area contributed by atoms with E-state index >= 15 is 0 Å². The van der Waals surface area contributed by atoms with Crippen LogP contribution in [0.3, 0.4) is 0 Å². The van der Waals surface area contributed by atoms with Gasteiger partial charge >= 0.3 is 51.4 Å². The zero-order valence-corrected chi connectivity index (χ0v) is 8.83. The van der Waals surface area contributed by atoms with E-state index in [1.807, 2.05) is 0 Å². The Hall–Kier alpha value is -0.224. The second kappa shape index (κ2) is 3.97. The summed E-state index contributed by atoms with van der Waals surface area (Å²) >= 11 is 0. The Kier molecular flexibility index (Phi) is 3.20. The summed E-state index contributed by atoms with van der Waals surface area (Å²) in [4.78, 5) is 0. The molecule has 1 N–H and O–H groups in total. The molecule has 0 bridgehead atoms. The number of aromatic amines is 1. The smallest absolute Gasteiger partial charge is 1.00 e. The average molecular weight is 178 g/mol. The van der Waals surface area contributed by atoms with E-state index in [1.54, 1.807) is 0 Å². The number of tetrazole rings is 2. The van der Waals surface area contributed by atoms with Gasteiger partial charge in [0.1, 0.15) is 6.33 Å². The predicted molar refractivity (Wildman–Crippen MR) is 28.0 cm³/mol. The van der Waals surface area contributed by atoms with Gasteiger partial charge < -0.3 is 1.43 Å². The Labute approximate surface area is 105 Å². The van der Waals surface area contributed by atoms with Gasteiger partial charge in [0.25, 0.3) is 5.95 Å². The zero-order valence-electron chi connectivity index (χ0n) is 6.71. The molecule has 0 atom stereocenters. The topological polar surface area (TPSA) is 98.1 Å². The van der Waals surface area contributed by atoms with Crippen molar-refractivity contribution in [1.29, 1.82) is 0 Å². The molecule has 0 aliphatic carbocycles. The summed E-state index contributed by atoms with van der Waals surface area (Å²) in [6, 6.07) is 0. The standard InChI is InChI=1S/C2H2N8.K.H/c1-3-6-9-10(1)2-4-7-8-5-2;;/h1H,(H,4,5,7,8);;/q;+1;-1. The summed E-state index contributed by atoms with van der Waals surface area (Å²) in [5, 5.41) is 23.2. The first-order valence-electron chi connectivity index (χ1n) is 2.43. The number of hydrogen-bond acceptors (Lipinski definition) is 6. The minimum Gasteiger partial charge on any atom is -1.00 e. The molecule has 11 heavy (non-hydrogen) atoms. The van der Waals surface area contributed by atoms with Crippen LogP contribution in [-0.2, 0) is 0 Å². The molecule has 2 aromatic rings. The first kappa shape index (κ1) is 8.87. The summed E-state index contributed by atoms with van der Waals surface area (Å²) in [6.07, 6.45) is 1.38. The second-order valence-corrected chi connectivity index (χ2v) is 1.47. The number of hydrogen-bond donors (Lipinski definition) is 1. The van der Waals surface area contributed by atoms with E-state index in [0.717, 1.165) is 0 Å². The summed E-state index contributed by atoms with van der Waals surface area (Å²) in [7, 11) is 0. The molecule has 0 aliphatic rings.